The van der Waals surface area contributed by atoms with Gasteiger partial charge in [-0.1, -0.05) is 121 Å². The maximum absolute atomic E-state index is 5.36. The molecule has 0 radical (unpaired) electrons. The molecule has 5 heteroatoms. The van der Waals surface area contributed by atoms with Crippen LogP contribution in [0.1, 0.15) is 0 Å². The van der Waals surface area contributed by atoms with Crippen LogP contribution in [0.25, 0.3) is 110 Å². The lowest BCUT2D eigenvalue weighted by Gasteiger charge is -2.16. The monoisotopic (exact) mass is 796 g/mol. The van der Waals surface area contributed by atoms with Crippen LogP contribution in [0.5, 0.6) is 0 Å². The highest BCUT2D eigenvalue weighted by molar-refractivity contribution is 7.25. The van der Waals surface area contributed by atoms with Crippen LogP contribution in [0.2, 0.25) is 0 Å². The summed E-state index contributed by atoms with van der Waals surface area (Å²) >= 11 is 1.84. The molecule has 11 aromatic rings. The molecular weight excluding hydrogens is 761 g/mol. The van der Waals surface area contributed by atoms with E-state index in [0.29, 0.717) is 5.82 Å². The van der Waals surface area contributed by atoms with Gasteiger partial charge in [-0.05, 0) is 118 Å². The van der Waals surface area contributed by atoms with Gasteiger partial charge in [0.1, 0.15) is 0 Å². The maximum Gasteiger partial charge on any atom is 0.160 e. The number of thiophene rings is 1. The van der Waals surface area contributed by atoms with Crippen LogP contribution in [0.4, 0.5) is 0 Å². The number of pyridine rings is 2. The molecule has 0 saturated carbocycles. The summed E-state index contributed by atoms with van der Waals surface area (Å²) in [5.41, 5.74) is 15.1. The van der Waals surface area contributed by atoms with E-state index in [0.717, 1.165) is 72.8 Å². The molecule has 7 aromatic carbocycles. The quantitative estimate of drug-likeness (QED) is 0.154. The van der Waals surface area contributed by atoms with Crippen molar-refractivity contribution < 1.29 is 0 Å². The molecule has 4 nitrogen and oxygen atoms in total. The Hall–Kier alpha value is -7.86. The zero-order valence-corrected chi connectivity index (χ0v) is 33.8. The van der Waals surface area contributed by atoms with Crippen LogP contribution < -0.4 is 0 Å². The minimum Gasteiger partial charge on any atom is -0.256 e. The molecule has 0 aliphatic carbocycles. The molecule has 0 atom stereocenters. The summed E-state index contributed by atoms with van der Waals surface area (Å²) < 4.78 is 2.57. The summed E-state index contributed by atoms with van der Waals surface area (Å²) in [5, 5.41) is 2.54. The Morgan fingerprint density at radius 2 is 0.770 bits per heavy atom. The van der Waals surface area contributed by atoms with E-state index >= 15 is 0 Å². The van der Waals surface area contributed by atoms with E-state index < -0.39 is 0 Å². The smallest absolute Gasteiger partial charge is 0.160 e. The van der Waals surface area contributed by atoms with Gasteiger partial charge in [0.2, 0.25) is 0 Å². The Morgan fingerprint density at radius 3 is 1.41 bits per heavy atom. The molecule has 0 saturated heterocycles. The van der Waals surface area contributed by atoms with Crippen LogP contribution in [-0.4, -0.2) is 19.9 Å². The number of aromatic nitrogens is 4. The van der Waals surface area contributed by atoms with Crippen molar-refractivity contribution in [1.82, 2.24) is 19.9 Å². The third-order valence-corrected chi connectivity index (χ3v) is 12.3. The van der Waals surface area contributed by atoms with Gasteiger partial charge in [-0.15, -0.1) is 11.3 Å². The molecular formula is C56H36N4S. The van der Waals surface area contributed by atoms with Crippen LogP contribution in [0.15, 0.2) is 219 Å². The molecule has 0 N–H and O–H groups in total. The lowest BCUT2D eigenvalue weighted by molar-refractivity contribution is 1.18. The Balaban J connectivity index is 1.15. The molecule has 0 amide bonds. The summed E-state index contributed by atoms with van der Waals surface area (Å²) in [7, 11) is 0. The highest BCUT2D eigenvalue weighted by atomic mass is 32.1. The van der Waals surface area contributed by atoms with Crippen LogP contribution >= 0.6 is 11.3 Å². The van der Waals surface area contributed by atoms with Gasteiger partial charge < -0.3 is 0 Å². The second-order valence-electron chi connectivity index (χ2n) is 15.1. The maximum atomic E-state index is 5.36. The Bertz CT molecular complexity index is 3290. The first kappa shape index (κ1) is 36.2. The molecule has 0 aliphatic rings. The van der Waals surface area contributed by atoms with Crippen molar-refractivity contribution >= 4 is 31.5 Å². The van der Waals surface area contributed by atoms with Crippen molar-refractivity contribution in [3.05, 3.63) is 219 Å². The highest BCUT2D eigenvalue weighted by Gasteiger charge is 2.18. The van der Waals surface area contributed by atoms with E-state index in [1.807, 2.05) is 78.3 Å². The fourth-order valence-electron chi connectivity index (χ4n) is 8.21. The Morgan fingerprint density at radius 1 is 0.279 bits per heavy atom. The van der Waals surface area contributed by atoms with Crippen LogP contribution in [0, 0.1) is 0 Å². The molecule has 0 fully saturated rings. The van der Waals surface area contributed by atoms with Gasteiger partial charge in [0.25, 0.3) is 0 Å². The summed E-state index contributed by atoms with van der Waals surface area (Å²) in [5.74, 6) is 0.651. The zero-order chi connectivity index (χ0) is 40.5. The second-order valence-corrected chi connectivity index (χ2v) is 16.2. The zero-order valence-electron chi connectivity index (χ0n) is 33.0. The third-order valence-electron chi connectivity index (χ3n) is 11.2. The molecule has 286 valence electrons. The molecule has 4 aromatic heterocycles. The fourth-order valence-corrected chi connectivity index (χ4v) is 9.29. The molecule has 0 unspecified atom stereocenters. The summed E-state index contributed by atoms with van der Waals surface area (Å²) in [6.07, 6.45) is 3.66. The van der Waals surface area contributed by atoms with Crippen LogP contribution in [-0.2, 0) is 0 Å². The summed E-state index contributed by atoms with van der Waals surface area (Å²) in [6.45, 7) is 0. The standard InChI is InChI=1S/C56H36N4S/c1-3-15-37(16-4-1)46-19-7-8-20-47(46)41-29-40(39-25-26-55-49(35-39)48-21-9-10-24-54(48)61-55)30-44(31-41)52-36-53(60-56(59-52)38-17-5-2-6-18-38)45-33-42(50-22-11-13-27-57-50)32-43(34-45)51-23-12-14-28-58-51/h1-36H. The van der Waals surface area contributed by atoms with Crippen LogP contribution in [0.3, 0.4) is 0 Å². The van der Waals surface area contributed by atoms with Gasteiger partial charge >= 0.3 is 0 Å². The van der Waals surface area contributed by atoms with Gasteiger partial charge in [0.15, 0.2) is 5.82 Å². The predicted molar refractivity (Wildman–Crippen MR) is 254 cm³/mol. The van der Waals surface area contributed by atoms with E-state index in [9.17, 15) is 0 Å². The third kappa shape index (κ3) is 7.18. The van der Waals surface area contributed by atoms with Gasteiger partial charge in [0.05, 0.1) is 22.8 Å². The van der Waals surface area contributed by atoms with Crippen molar-refractivity contribution in [3.8, 4) is 89.8 Å². The average molecular weight is 797 g/mol. The Labute approximate surface area is 358 Å². The number of fused-ring (bicyclic) bond motifs is 3. The van der Waals surface area contributed by atoms with Crippen molar-refractivity contribution in [2.45, 2.75) is 0 Å². The fraction of sp³-hybridized carbons (Fsp3) is 0. The first-order valence-corrected chi connectivity index (χ1v) is 21.2. The molecule has 4 heterocycles. The van der Waals surface area contributed by atoms with Gasteiger partial charge in [-0.3, -0.25) is 9.97 Å². The van der Waals surface area contributed by atoms with E-state index in [1.165, 1.54) is 31.3 Å². The number of nitrogens with zero attached hydrogens (tertiary/aromatic N) is 4. The van der Waals surface area contributed by atoms with Crippen molar-refractivity contribution in [2.75, 3.05) is 0 Å². The van der Waals surface area contributed by atoms with E-state index in [2.05, 4.69) is 152 Å². The van der Waals surface area contributed by atoms with Crippen molar-refractivity contribution in [3.63, 3.8) is 0 Å². The first-order valence-electron chi connectivity index (χ1n) is 20.3. The molecule has 0 spiro atoms. The van der Waals surface area contributed by atoms with Crippen molar-refractivity contribution in [2.24, 2.45) is 0 Å². The van der Waals surface area contributed by atoms with Gasteiger partial charge in [0, 0.05) is 60.4 Å². The van der Waals surface area contributed by atoms with E-state index in [-0.39, 0.29) is 0 Å². The Kier molecular flexibility index (Phi) is 9.34. The largest absolute Gasteiger partial charge is 0.256 e. The average Bonchev–Trinajstić information content (AvgIpc) is 3.73. The highest BCUT2D eigenvalue weighted by Crippen LogP contribution is 2.41. The minimum atomic E-state index is 0.651. The van der Waals surface area contributed by atoms with Gasteiger partial charge in [-0.25, -0.2) is 9.97 Å². The first-order chi connectivity index (χ1) is 30.2. The number of hydrogen-bond acceptors (Lipinski definition) is 5. The van der Waals surface area contributed by atoms with Crippen molar-refractivity contribution in [1.29, 1.82) is 0 Å². The number of hydrogen-bond donors (Lipinski definition) is 0. The summed E-state index contributed by atoms with van der Waals surface area (Å²) in [6, 6.07) is 72.7. The number of rotatable bonds is 8. The molecule has 11 rings (SSSR count). The van der Waals surface area contributed by atoms with E-state index in [1.54, 1.807) is 0 Å². The summed E-state index contributed by atoms with van der Waals surface area (Å²) in [4.78, 5) is 20.1. The molecule has 0 aliphatic heterocycles. The molecule has 61 heavy (non-hydrogen) atoms. The minimum absolute atomic E-state index is 0.651. The normalized spacial score (nSPS) is 11.3. The van der Waals surface area contributed by atoms with E-state index in [4.69, 9.17) is 19.9 Å². The van der Waals surface area contributed by atoms with Gasteiger partial charge in [-0.2, -0.15) is 0 Å². The lowest BCUT2D eigenvalue weighted by Crippen LogP contribution is -1.97. The predicted octanol–water partition coefficient (Wildman–Crippen LogP) is 15.0. The lowest BCUT2D eigenvalue weighted by atomic mass is 9.90. The topological polar surface area (TPSA) is 51.6 Å². The number of benzene rings is 7. The molecule has 0 bridgehead atoms. The SMILES string of the molecule is c1ccc(-c2nc(-c3cc(-c4ccccn4)cc(-c4ccccn4)c3)cc(-c3cc(-c4ccc5sc6ccccc6c5c4)cc(-c4ccccc4-c4ccccc4)c3)n2)cc1. The second kappa shape index (κ2) is 15.7.